The third kappa shape index (κ3) is 2.48. The molecule has 2 heterocycles. The van der Waals surface area contributed by atoms with Gasteiger partial charge < -0.3 is 5.11 Å². The number of carbonyl (C=O) groups is 1. The molecule has 0 aliphatic carbocycles. The van der Waals surface area contributed by atoms with Gasteiger partial charge in [-0.3, -0.25) is 4.79 Å². The average molecular weight is 399 g/mol. The summed E-state index contributed by atoms with van der Waals surface area (Å²) in [4.78, 5) is 21.1. The van der Waals surface area contributed by atoms with Crippen molar-refractivity contribution in [2.24, 2.45) is 4.99 Å². The van der Waals surface area contributed by atoms with Crippen molar-refractivity contribution in [2.45, 2.75) is 6.92 Å². The van der Waals surface area contributed by atoms with Crippen LogP contribution in [-0.4, -0.2) is 16.0 Å². The van der Waals surface area contributed by atoms with Crippen LogP contribution in [-0.2, 0) is 4.79 Å². The maximum absolute atomic E-state index is 12.3. The van der Waals surface area contributed by atoms with Gasteiger partial charge in [0, 0.05) is 15.3 Å². The van der Waals surface area contributed by atoms with Crippen molar-refractivity contribution in [3.05, 3.63) is 68.0 Å². The second kappa shape index (κ2) is 5.65. The first kappa shape index (κ1) is 15.2. The Morgan fingerprint density at radius 3 is 2.62 bits per heavy atom. The standard InChI is InChI=1S/C18H11BrN2O2S/c1-9-2-4-10(5-3-9)18-21-17(23)15(24-18)14-12-8-11(19)6-7-13(12)20-16(14)22/h2-8,23H,1H3. The topological polar surface area (TPSA) is 62.6 Å². The highest BCUT2D eigenvalue weighted by Gasteiger charge is 2.25. The lowest BCUT2D eigenvalue weighted by atomic mass is 10.1. The minimum absolute atomic E-state index is 0.137. The van der Waals surface area contributed by atoms with Gasteiger partial charge in [-0.05, 0) is 25.1 Å². The second-order valence-electron chi connectivity index (χ2n) is 5.49. The number of fused-ring (bicyclic) bond motifs is 1. The van der Waals surface area contributed by atoms with E-state index in [-0.39, 0.29) is 11.8 Å². The lowest BCUT2D eigenvalue weighted by molar-refractivity contribution is -0.112. The van der Waals surface area contributed by atoms with Crippen LogP contribution >= 0.6 is 27.3 Å². The summed E-state index contributed by atoms with van der Waals surface area (Å²) < 4.78 is 0.853. The molecule has 0 atom stereocenters. The lowest BCUT2D eigenvalue weighted by Gasteiger charge is -1.97. The average Bonchev–Trinajstić information content (AvgIpc) is 3.07. The predicted molar refractivity (Wildman–Crippen MR) is 96.4 cm³/mol. The third-order valence-electron chi connectivity index (χ3n) is 3.80. The zero-order chi connectivity index (χ0) is 16.8. The number of amides is 1. The van der Waals surface area contributed by atoms with E-state index in [1.54, 1.807) is 6.07 Å². The Hall–Kier alpha value is -2.31. The molecule has 1 N–H and O–H groups in total. The number of aromatic nitrogens is 1. The van der Waals surface area contributed by atoms with Gasteiger partial charge in [-0.2, -0.15) is 0 Å². The van der Waals surface area contributed by atoms with E-state index in [9.17, 15) is 9.90 Å². The molecule has 118 valence electrons. The summed E-state index contributed by atoms with van der Waals surface area (Å²) in [5.41, 5.74) is 2.46. The largest absolute Gasteiger partial charge is 0.492 e. The quantitative estimate of drug-likeness (QED) is 0.721. The first-order chi connectivity index (χ1) is 11.5. The van der Waals surface area contributed by atoms with Crippen LogP contribution in [0.3, 0.4) is 0 Å². The Kier molecular flexibility index (Phi) is 3.58. The summed E-state index contributed by atoms with van der Waals surface area (Å²) in [5.74, 6) is -0.487. The van der Waals surface area contributed by atoms with E-state index in [4.69, 9.17) is 0 Å². The summed E-state index contributed by atoms with van der Waals surface area (Å²) in [5, 5.41) is 12.3. The molecule has 1 amide bonds. The molecule has 1 aromatic heterocycles. The van der Waals surface area contributed by atoms with Gasteiger partial charge >= 0.3 is 0 Å². The number of hydrogen-bond donors (Lipinski definition) is 1. The van der Waals surface area contributed by atoms with Gasteiger partial charge in [0.15, 0.2) is 0 Å². The Labute approximate surface area is 150 Å². The SMILES string of the molecule is Cc1ccc(-c2nc(O)c(C3=c4cc(Br)ccc4=NC3=O)s2)cc1. The highest BCUT2D eigenvalue weighted by molar-refractivity contribution is 9.10. The second-order valence-corrected chi connectivity index (χ2v) is 7.41. The van der Waals surface area contributed by atoms with E-state index >= 15 is 0 Å². The summed E-state index contributed by atoms with van der Waals surface area (Å²) >= 11 is 4.71. The number of benzene rings is 2. The fraction of sp³-hybridized carbons (Fsp3) is 0.0556. The zero-order valence-corrected chi connectivity index (χ0v) is 15.0. The maximum Gasteiger partial charge on any atom is 0.279 e. The summed E-state index contributed by atoms with van der Waals surface area (Å²) in [7, 11) is 0. The molecule has 3 aromatic rings. The molecule has 0 saturated carbocycles. The number of nitrogens with zero attached hydrogens (tertiary/aromatic N) is 2. The van der Waals surface area contributed by atoms with Gasteiger partial charge in [0.2, 0.25) is 5.88 Å². The van der Waals surface area contributed by atoms with Crippen LogP contribution in [0.15, 0.2) is 51.9 Å². The van der Waals surface area contributed by atoms with Crippen LogP contribution in [0.5, 0.6) is 5.88 Å². The van der Waals surface area contributed by atoms with E-state index in [1.165, 1.54) is 11.3 Å². The number of aryl methyl sites for hydroxylation is 1. The van der Waals surface area contributed by atoms with Gasteiger partial charge in [0.1, 0.15) is 9.88 Å². The van der Waals surface area contributed by atoms with Crippen LogP contribution in [0.1, 0.15) is 10.4 Å². The Morgan fingerprint density at radius 1 is 1.12 bits per heavy atom. The zero-order valence-electron chi connectivity index (χ0n) is 12.6. The molecule has 0 spiro atoms. The van der Waals surface area contributed by atoms with Crippen molar-refractivity contribution in [1.82, 2.24) is 4.98 Å². The molecule has 0 saturated heterocycles. The molecule has 4 nitrogen and oxygen atoms in total. The van der Waals surface area contributed by atoms with Gasteiger partial charge in [-0.25, -0.2) is 9.98 Å². The number of halogens is 1. The maximum atomic E-state index is 12.3. The molecule has 24 heavy (non-hydrogen) atoms. The molecule has 6 heteroatoms. The molecule has 0 fully saturated rings. The first-order valence-electron chi connectivity index (χ1n) is 7.23. The summed E-state index contributed by atoms with van der Waals surface area (Å²) in [6, 6.07) is 13.3. The Balaban J connectivity index is 1.92. The molecular weight excluding hydrogens is 388 g/mol. The van der Waals surface area contributed by atoms with Crippen molar-refractivity contribution in [3.8, 4) is 16.5 Å². The van der Waals surface area contributed by atoms with Crippen molar-refractivity contribution in [1.29, 1.82) is 0 Å². The van der Waals surface area contributed by atoms with E-state index in [1.807, 2.05) is 43.3 Å². The van der Waals surface area contributed by atoms with E-state index in [2.05, 4.69) is 25.9 Å². The molecule has 1 aliphatic rings. The number of carbonyl (C=O) groups excluding carboxylic acids is 1. The number of hydrogen-bond acceptors (Lipinski definition) is 4. The van der Waals surface area contributed by atoms with Crippen LogP contribution < -0.4 is 10.6 Å². The van der Waals surface area contributed by atoms with Gasteiger partial charge in [-0.1, -0.05) is 45.8 Å². The molecule has 1 aliphatic heterocycles. The number of thiazole rings is 1. The normalized spacial score (nSPS) is 13.1. The van der Waals surface area contributed by atoms with Crippen molar-refractivity contribution in [3.63, 3.8) is 0 Å². The fourth-order valence-corrected chi connectivity index (χ4v) is 3.98. The molecule has 2 aromatic carbocycles. The van der Waals surface area contributed by atoms with E-state index in [0.29, 0.717) is 26.0 Å². The molecule has 0 radical (unpaired) electrons. The van der Waals surface area contributed by atoms with Gasteiger partial charge in [0.25, 0.3) is 5.91 Å². The number of aromatic hydroxyl groups is 1. The van der Waals surface area contributed by atoms with Crippen molar-refractivity contribution >= 4 is 38.7 Å². The minimum Gasteiger partial charge on any atom is -0.492 e. The molecule has 0 bridgehead atoms. The number of rotatable bonds is 2. The summed E-state index contributed by atoms with van der Waals surface area (Å²) in [6.45, 7) is 2.01. The lowest BCUT2D eigenvalue weighted by Crippen LogP contribution is -2.22. The van der Waals surface area contributed by atoms with Crippen LogP contribution in [0.2, 0.25) is 0 Å². The fourth-order valence-electron chi connectivity index (χ4n) is 2.60. The first-order valence-corrected chi connectivity index (χ1v) is 8.84. The van der Waals surface area contributed by atoms with Gasteiger partial charge in [0.05, 0.1) is 10.9 Å². The monoisotopic (exact) mass is 398 g/mol. The van der Waals surface area contributed by atoms with Crippen LogP contribution in [0, 0.1) is 6.92 Å². The smallest absolute Gasteiger partial charge is 0.279 e. The van der Waals surface area contributed by atoms with Gasteiger partial charge in [-0.15, -0.1) is 11.3 Å². The summed E-state index contributed by atoms with van der Waals surface area (Å²) in [6.07, 6.45) is 0. The highest BCUT2D eigenvalue weighted by atomic mass is 79.9. The van der Waals surface area contributed by atoms with E-state index < -0.39 is 0 Å². The van der Waals surface area contributed by atoms with Crippen molar-refractivity contribution in [2.75, 3.05) is 0 Å². The third-order valence-corrected chi connectivity index (χ3v) is 5.40. The Bertz CT molecular complexity index is 1100. The molecular formula is C18H11BrN2O2S. The highest BCUT2D eigenvalue weighted by Crippen LogP contribution is 2.36. The Morgan fingerprint density at radius 2 is 1.88 bits per heavy atom. The van der Waals surface area contributed by atoms with Crippen LogP contribution in [0.25, 0.3) is 16.1 Å². The van der Waals surface area contributed by atoms with E-state index in [0.717, 1.165) is 15.6 Å². The predicted octanol–water partition coefficient (Wildman–Crippen LogP) is 2.95. The van der Waals surface area contributed by atoms with Crippen LogP contribution in [0.4, 0.5) is 0 Å². The molecule has 4 rings (SSSR count). The minimum atomic E-state index is -0.350. The molecule has 0 unspecified atom stereocenters. The van der Waals surface area contributed by atoms with Crippen molar-refractivity contribution < 1.29 is 9.90 Å².